The Kier molecular flexibility index (Phi) is 5.74. The molecule has 4 heteroatoms. The van der Waals surface area contributed by atoms with Crippen molar-refractivity contribution in [1.82, 2.24) is 9.88 Å². The van der Waals surface area contributed by atoms with Gasteiger partial charge in [-0.2, -0.15) is 0 Å². The van der Waals surface area contributed by atoms with E-state index in [1.54, 1.807) is 17.2 Å². The highest BCUT2D eigenvalue weighted by Crippen LogP contribution is 2.19. The van der Waals surface area contributed by atoms with Crippen LogP contribution in [0.15, 0.2) is 36.5 Å². The fourth-order valence-corrected chi connectivity index (χ4v) is 2.50. The van der Waals surface area contributed by atoms with Gasteiger partial charge < -0.3 is 10.2 Å². The van der Waals surface area contributed by atoms with Crippen LogP contribution in [0, 0.1) is 13.8 Å². The van der Waals surface area contributed by atoms with Gasteiger partial charge in [0.1, 0.15) is 5.69 Å². The van der Waals surface area contributed by atoms with E-state index in [0.717, 1.165) is 30.8 Å². The van der Waals surface area contributed by atoms with Crippen molar-refractivity contribution in [2.24, 2.45) is 0 Å². The van der Waals surface area contributed by atoms with Crippen LogP contribution in [0.2, 0.25) is 0 Å². The molecular formula is C19H25N3O. The number of unbranched alkanes of at least 4 members (excludes halogenated alkanes) is 1. The lowest BCUT2D eigenvalue weighted by atomic mass is 10.1. The second-order valence-electron chi connectivity index (χ2n) is 6.01. The van der Waals surface area contributed by atoms with Crippen LogP contribution in [-0.4, -0.2) is 29.4 Å². The number of hydrogen-bond donors (Lipinski definition) is 1. The van der Waals surface area contributed by atoms with Crippen molar-refractivity contribution in [2.75, 3.05) is 18.9 Å². The molecule has 1 heterocycles. The molecule has 0 spiro atoms. The Morgan fingerprint density at radius 3 is 2.39 bits per heavy atom. The van der Waals surface area contributed by atoms with Crippen molar-refractivity contribution in [3.8, 4) is 0 Å². The Hall–Kier alpha value is -2.36. The predicted octanol–water partition coefficient (Wildman–Crippen LogP) is 4.31. The second-order valence-corrected chi connectivity index (χ2v) is 6.01. The van der Waals surface area contributed by atoms with Gasteiger partial charge in [-0.1, -0.05) is 19.4 Å². The number of hydrogen-bond acceptors (Lipinski definition) is 3. The molecule has 0 aliphatic rings. The van der Waals surface area contributed by atoms with Gasteiger partial charge in [0, 0.05) is 19.3 Å². The first-order valence-electron chi connectivity index (χ1n) is 8.06. The van der Waals surface area contributed by atoms with Crippen molar-refractivity contribution in [3.05, 3.63) is 53.3 Å². The Morgan fingerprint density at radius 2 is 1.83 bits per heavy atom. The maximum Gasteiger partial charge on any atom is 0.272 e. The van der Waals surface area contributed by atoms with E-state index in [1.807, 2.05) is 13.1 Å². The molecule has 0 aliphatic heterocycles. The van der Waals surface area contributed by atoms with Crippen LogP contribution in [0.4, 0.5) is 11.4 Å². The number of carbonyl (C=O) groups is 1. The zero-order valence-electron chi connectivity index (χ0n) is 14.4. The highest BCUT2D eigenvalue weighted by Gasteiger charge is 2.12. The lowest BCUT2D eigenvalue weighted by molar-refractivity contribution is 0.0787. The van der Waals surface area contributed by atoms with Crippen LogP contribution >= 0.6 is 0 Å². The highest BCUT2D eigenvalue weighted by atomic mass is 16.2. The molecule has 1 aromatic carbocycles. The zero-order valence-corrected chi connectivity index (χ0v) is 14.4. The summed E-state index contributed by atoms with van der Waals surface area (Å²) in [5.41, 5.74) is 4.82. The Balaban J connectivity index is 2.05. The average Bonchev–Trinajstić information content (AvgIpc) is 2.51. The first kappa shape index (κ1) is 17.0. The maximum atomic E-state index is 12.3. The van der Waals surface area contributed by atoms with E-state index in [-0.39, 0.29) is 5.91 Å². The third kappa shape index (κ3) is 4.81. The van der Waals surface area contributed by atoms with Crippen molar-refractivity contribution in [1.29, 1.82) is 0 Å². The number of anilines is 2. The highest BCUT2D eigenvalue weighted by molar-refractivity contribution is 5.92. The van der Waals surface area contributed by atoms with E-state index in [2.05, 4.69) is 49.3 Å². The van der Waals surface area contributed by atoms with Crippen LogP contribution in [0.3, 0.4) is 0 Å². The van der Waals surface area contributed by atoms with Crippen molar-refractivity contribution in [3.63, 3.8) is 0 Å². The molecule has 1 amide bonds. The normalized spacial score (nSPS) is 10.4. The summed E-state index contributed by atoms with van der Waals surface area (Å²) < 4.78 is 0. The minimum Gasteiger partial charge on any atom is -0.354 e. The number of carbonyl (C=O) groups excluding carboxylic acids is 1. The largest absolute Gasteiger partial charge is 0.354 e. The molecule has 0 bridgehead atoms. The fourth-order valence-electron chi connectivity index (χ4n) is 2.50. The standard InChI is InChI=1S/C19H25N3O/c1-5-6-9-22(4)19(23)18-8-7-16(13-20-18)21-17-11-14(2)10-15(3)12-17/h7-8,10-13,21H,5-6,9H2,1-4H3. The fraction of sp³-hybridized carbons (Fsp3) is 0.368. The van der Waals surface area contributed by atoms with Gasteiger partial charge in [-0.25, -0.2) is 4.98 Å². The maximum absolute atomic E-state index is 12.3. The molecule has 1 aromatic heterocycles. The van der Waals surface area contributed by atoms with Gasteiger partial charge in [0.2, 0.25) is 0 Å². The molecule has 0 aliphatic carbocycles. The van der Waals surface area contributed by atoms with E-state index in [9.17, 15) is 4.79 Å². The summed E-state index contributed by atoms with van der Waals surface area (Å²) in [6, 6.07) is 9.98. The lowest BCUT2D eigenvalue weighted by Gasteiger charge is -2.16. The predicted molar refractivity (Wildman–Crippen MR) is 95.3 cm³/mol. The molecule has 2 rings (SSSR count). The van der Waals surface area contributed by atoms with E-state index in [4.69, 9.17) is 0 Å². The molecule has 0 fully saturated rings. The van der Waals surface area contributed by atoms with E-state index in [0.29, 0.717) is 5.69 Å². The topological polar surface area (TPSA) is 45.2 Å². The molecule has 0 radical (unpaired) electrons. The van der Waals surface area contributed by atoms with E-state index in [1.165, 1.54) is 11.1 Å². The minimum atomic E-state index is -0.0311. The van der Waals surface area contributed by atoms with Crippen LogP contribution < -0.4 is 5.32 Å². The smallest absolute Gasteiger partial charge is 0.272 e. The summed E-state index contributed by atoms with van der Waals surface area (Å²) >= 11 is 0. The SMILES string of the molecule is CCCCN(C)C(=O)c1ccc(Nc2cc(C)cc(C)c2)cn1. The molecule has 0 saturated carbocycles. The summed E-state index contributed by atoms with van der Waals surface area (Å²) in [4.78, 5) is 18.3. The van der Waals surface area contributed by atoms with Gasteiger partial charge >= 0.3 is 0 Å². The summed E-state index contributed by atoms with van der Waals surface area (Å²) in [5.74, 6) is -0.0311. The summed E-state index contributed by atoms with van der Waals surface area (Å²) in [5, 5.41) is 3.33. The molecule has 0 unspecified atom stereocenters. The second kappa shape index (κ2) is 7.77. The Morgan fingerprint density at radius 1 is 1.13 bits per heavy atom. The monoisotopic (exact) mass is 311 g/mol. The average molecular weight is 311 g/mol. The summed E-state index contributed by atoms with van der Waals surface area (Å²) in [6.07, 6.45) is 3.79. The number of aromatic nitrogens is 1. The van der Waals surface area contributed by atoms with Crippen LogP contribution in [0.5, 0.6) is 0 Å². The molecule has 122 valence electrons. The van der Waals surface area contributed by atoms with Crippen molar-refractivity contribution >= 4 is 17.3 Å². The van der Waals surface area contributed by atoms with Crippen molar-refractivity contribution < 1.29 is 4.79 Å². The van der Waals surface area contributed by atoms with Gasteiger partial charge in [0.25, 0.3) is 5.91 Å². The third-order valence-corrected chi connectivity index (χ3v) is 3.69. The molecule has 0 atom stereocenters. The zero-order chi connectivity index (χ0) is 16.8. The molecule has 0 saturated heterocycles. The van der Waals surface area contributed by atoms with Crippen molar-refractivity contribution in [2.45, 2.75) is 33.6 Å². The summed E-state index contributed by atoms with van der Waals surface area (Å²) in [6.45, 7) is 7.03. The number of amides is 1. The molecule has 2 aromatic rings. The quantitative estimate of drug-likeness (QED) is 0.864. The number of nitrogens with zero attached hydrogens (tertiary/aromatic N) is 2. The first-order valence-corrected chi connectivity index (χ1v) is 8.06. The molecule has 4 nitrogen and oxygen atoms in total. The Labute approximate surface area is 138 Å². The number of nitrogens with one attached hydrogen (secondary N) is 1. The summed E-state index contributed by atoms with van der Waals surface area (Å²) in [7, 11) is 1.82. The van der Waals surface area contributed by atoms with Crippen LogP contribution in [0.25, 0.3) is 0 Å². The van der Waals surface area contributed by atoms with Crippen LogP contribution in [0.1, 0.15) is 41.4 Å². The van der Waals surface area contributed by atoms with Gasteiger partial charge in [-0.15, -0.1) is 0 Å². The van der Waals surface area contributed by atoms with E-state index < -0.39 is 0 Å². The number of benzene rings is 1. The van der Waals surface area contributed by atoms with E-state index >= 15 is 0 Å². The third-order valence-electron chi connectivity index (χ3n) is 3.69. The number of rotatable bonds is 6. The van der Waals surface area contributed by atoms with Gasteiger partial charge in [-0.3, -0.25) is 4.79 Å². The number of aryl methyl sites for hydroxylation is 2. The molecule has 23 heavy (non-hydrogen) atoms. The first-order chi connectivity index (χ1) is 11.0. The van der Waals surface area contributed by atoms with Crippen LogP contribution in [-0.2, 0) is 0 Å². The lowest BCUT2D eigenvalue weighted by Crippen LogP contribution is -2.28. The Bertz CT molecular complexity index is 645. The van der Waals surface area contributed by atoms with Gasteiger partial charge in [0.05, 0.1) is 11.9 Å². The molecular weight excluding hydrogens is 286 g/mol. The van der Waals surface area contributed by atoms with Gasteiger partial charge in [0.15, 0.2) is 0 Å². The number of pyridine rings is 1. The molecule has 1 N–H and O–H groups in total. The minimum absolute atomic E-state index is 0.0311. The van der Waals surface area contributed by atoms with Gasteiger partial charge in [-0.05, 0) is 55.7 Å².